The SMILES string of the molecule is N[C@@H](CCC(=O)[O-])C(=O)[O-].N[C@H](CCC(=O)[O-])C(=O)[O-].[Ca+2].[Ca+2]. The van der Waals surface area contributed by atoms with Gasteiger partial charge in [-0.25, -0.2) is 0 Å². The molecule has 0 heterocycles. The molecule has 0 spiro atoms. The second-order valence-electron chi connectivity index (χ2n) is 3.67. The van der Waals surface area contributed by atoms with Gasteiger partial charge in [0.1, 0.15) is 0 Å². The van der Waals surface area contributed by atoms with E-state index in [0.717, 1.165) is 0 Å². The molecule has 0 saturated carbocycles. The van der Waals surface area contributed by atoms with Gasteiger partial charge in [0.2, 0.25) is 0 Å². The van der Waals surface area contributed by atoms with E-state index in [0.29, 0.717) is 0 Å². The average molecular weight is 370 g/mol. The Balaban J connectivity index is -0.000000135. The minimum absolute atomic E-state index is 0. The van der Waals surface area contributed by atoms with Gasteiger partial charge in [0.25, 0.3) is 0 Å². The van der Waals surface area contributed by atoms with Crippen LogP contribution in [0.2, 0.25) is 0 Å². The number of aliphatic carboxylic acids is 4. The van der Waals surface area contributed by atoms with Crippen LogP contribution in [-0.2, 0) is 19.2 Å². The zero-order chi connectivity index (χ0) is 16.3. The maximum Gasteiger partial charge on any atom is 2.00 e. The molecule has 0 aromatic heterocycles. The number of carboxylic acid groups (broad SMARTS) is 4. The number of carboxylic acids is 4. The first-order chi connectivity index (χ1) is 9.07. The van der Waals surface area contributed by atoms with Gasteiger partial charge in [0, 0.05) is 24.0 Å². The third kappa shape index (κ3) is 22.6. The molecular weight excluding hydrogens is 356 g/mol. The molecule has 0 fully saturated rings. The number of carbonyl (C=O) groups excluding carboxylic acids is 4. The van der Waals surface area contributed by atoms with E-state index in [1.54, 1.807) is 0 Å². The number of rotatable bonds is 8. The van der Waals surface area contributed by atoms with Crippen LogP contribution in [0.4, 0.5) is 0 Å². The second-order valence-corrected chi connectivity index (χ2v) is 3.67. The first-order valence-electron chi connectivity index (χ1n) is 5.40. The molecule has 0 unspecified atom stereocenters. The Hall–Kier alpha value is 0.319. The van der Waals surface area contributed by atoms with Gasteiger partial charge in [-0.2, -0.15) is 0 Å². The molecule has 0 aromatic carbocycles. The minimum atomic E-state index is -1.44. The number of nitrogens with two attached hydrogens (primary N) is 2. The molecule has 12 heteroatoms. The van der Waals surface area contributed by atoms with Crippen LogP contribution in [-0.4, -0.2) is 111 Å². The molecule has 0 aliphatic rings. The summed E-state index contributed by atoms with van der Waals surface area (Å²) in [5, 5.41) is 39.2. The number of carbonyl (C=O) groups is 4. The zero-order valence-corrected chi connectivity index (χ0v) is 16.2. The van der Waals surface area contributed by atoms with Gasteiger partial charge in [-0.3, -0.25) is 0 Å². The van der Waals surface area contributed by atoms with E-state index in [1.165, 1.54) is 0 Å². The molecule has 0 aromatic rings. The van der Waals surface area contributed by atoms with Crippen LogP contribution in [0.5, 0.6) is 0 Å². The van der Waals surface area contributed by atoms with E-state index in [-0.39, 0.29) is 101 Å². The van der Waals surface area contributed by atoms with E-state index in [2.05, 4.69) is 0 Å². The Morgan fingerprint density at radius 2 is 0.909 bits per heavy atom. The molecule has 0 bridgehead atoms. The van der Waals surface area contributed by atoms with Gasteiger partial charge in [0.15, 0.2) is 0 Å². The quantitative estimate of drug-likeness (QED) is 0.385. The van der Waals surface area contributed by atoms with Crippen molar-refractivity contribution in [2.45, 2.75) is 37.8 Å². The summed E-state index contributed by atoms with van der Waals surface area (Å²) < 4.78 is 0. The fourth-order valence-corrected chi connectivity index (χ4v) is 0.782. The summed E-state index contributed by atoms with van der Waals surface area (Å²) in [5.74, 6) is -5.50. The second kappa shape index (κ2) is 17.7. The molecule has 4 N–H and O–H groups in total. The number of hydrogen-bond acceptors (Lipinski definition) is 10. The third-order valence-corrected chi connectivity index (χ3v) is 1.92. The summed E-state index contributed by atoms with van der Waals surface area (Å²) >= 11 is 0. The molecule has 0 aliphatic carbocycles. The summed E-state index contributed by atoms with van der Waals surface area (Å²) in [5.41, 5.74) is 9.82. The first-order valence-corrected chi connectivity index (χ1v) is 5.40. The largest absolute Gasteiger partial charge is 2.00 e. The minimum Gasteiger partial charge on any atom is -0.550 e. The standard InChI is InChI=1S/2C5H9NO4.2Ca/c2*6-3(5(9)10)1-2-4(7)8;;/h2*3H,1-2,6H2,(H,7,8)(H,9,10);;/q;;2*+2/p-4/t2*3-;;/m10../s1. The Bertz CT molecular complexity index is 333. The third-order valence-electron chi connectivity index (χ3n) is 1.92. The molecule has 10 nitrogen and oxygen atoms in total. The molecule has 22 heavy (non-hydrogen) atoms. The summed E-state index contributed by atoms with van der Waals surface area (Å²) in [6.45, 7) is 0. The fraction of sp³-hybridized carbons (Fsp3) is 0.600. The van der Waals surface area contributed by atoms with E-state index in [1.807, 2.05) is 0 Å². The van der Waals surface area contributed by atoms with Crippen molar-refractivity contribution in [1.82, 2.24) is 0 Å². The fourth-order valence-electron chi connectivity index (χ4n) is 0.782. The Labute approximate surface area is 186 Å². The topological polar surface area (TPSA) is 213 Å². The summed E-state index contributed by atoms with van der Waals surface area (Å²) in [6, 6.07) is -2.42. The van der Waals surface area contributed by atoms with Crippen LogP contribution in [0.15, 0.2) is 0 Å². The van der Waals surface area contributed by atoms with Gasteiger partial charge >= 0.3 is 75.5 Å². The van der Waals surface area contributed by atoms with Gasteiger partial charge < -0.3 is 51.1 Å². The molecule has 116 valence electrons. The molecular formula is C10H14Ca2N2O8. The van der Waals surface area contributed by atoms with Crippen LogP contribution < -0.4 is 31.9 Å². The average Bonchev–Trinajstić information content (AvgIpc) is 2.33. The van der Waals surface area contributed by atoms with E-state index < -0.39 is 36.0 Å². The van der Waals surface area contributed by atoms with Crippen molar-refractivity contribution in [3.8, 4) is 0 Å². The normalized spacial score (nSPS) is 11.4. The molecule has 0 saturated heterocycles. The van der Waals surface area contributed by atoms with Crippen molar-refractivity contribution >= 4 is 99.4 Å². The van der Waals surface area contributed by atoms with Crippen molar-refractivity contribution in [1.29, 1.82) is 0 Å². The van der Waals surface area contributed by atoms with Crippen LogP contribution in [0.3, 0.4) is 0 Å². The zero-order valence-electron chi connectivity index (χ0n) is 11.8. The molecule has 0 radical (unpaired) electrons. The summed E-state index contributed by atoms with van der Waals surface area (Å²) in [4.78, 5) is 39.2. The Morgan fingerprint density at radius 1 is 0.682 bits per heavy atom. The van der Waals surface area contributed by atoms with Crippen molar-refractivity contribution in [2.75, 3.05) is 0 Å². The van der Waals surface area contributed by atoms with Crippen molar-refractivity contribution in [3.05, 3.63) is 0 Å². The number of hydrogen-bond donors (Lipinski definition) is 2. The van der Waals surface area contributed by atoms with Crippen molar-refractivity contribution < 1.29 is 39.6 Å². The Kier molecular flexibility index (Phi) is 24.3. The molecule has 2 atom stereocenters. The van der Waals surface area contributed by atoms with Crippen LogP contribution in [0.1, 0.15) is 25.7 Å². The van der Waals surface area contributed by atoms with Crippen molar-refractivity contribution in [3.63, 3.8) is 0 Å². The Morgan fingerprint density at radius 3 is 1.05 bits per heavy atom. The van der Waals surface area contributed by atoms with E-state index >= 15 is 0 Å². The van der Waals surface area contributed by atoms with E-state index in [9.17, 15) is 39.6 Å². The monoisotopic (exact) mass is 370 g/mol. The summed E-state index contributed by atoms with van der Waals surface area (Å²) in [6.07, 6.45) is -1.00. The maximum atomic E-state index is 9.86. The summed E-state index contributed by atoms with van der Waals surface area (Å²) in [7, 11) is 0. The predicted octanol–water partition coefficient (Wildman–Crippen LogP) is -7.57. The predicted molar refractivity (Wildman–Crippen MR) is 66.0 cm³/mol. The van der Waals surface area contributed by atoms with Gasteiger partial charge in [-0.05, 0) is 25.7 Å². The van der Waals surface area contributed by atoms with E-state index in [4.69, 9.17) is 11.5 Å². The molecule has 0 amide bonds. The smallest absolute Gasteiger partial charge is 0.550 e. The van der Waals surface area contributed by atoms with Gasteiger partial charge in [-0.15, -0.1) is 0 Å². The molecule has 0 aliphatic heterocycles. The van der Waals surface area contributed by atoms with Crippen LogP contribution >= 0.6 is 0 Å². The van der Waals surface area contributed by atoms with Gasteiger partial charge in [-0.1, -0.05) is 0 Å². The van der Waals surface area contributed by atoms with Crippen LogP contribution in [0.25, 0.3) is 0 Å². The van der Waals surface area contributed by atoms with Gasteiger partial charge in [0.05, 0.1) is 11.9 Å². The van der Waals surface area contributed by atoms with Crippen LogP contribution in [0, 0.1) is 0 Å². The first kappa shape index (κ1) is 30.2. The molecule has 0 rings (SSSR count). The van der Waals surface area contributed by atoms with Crippen molar-refractivity contribution in [2.24, 2.45) is 11.5 Å². The maximum absolute atomic E-state index is 9.86.